The molecule has 122 valence electrons. The lowest BCUT2D eigenvalue weighted by Crippen LogP contribution is -2.23. The standard InChI is InChI=1S/C17H19FN2O3/c1-9-5-10(3-4-12(9)18)15-16-11(17(2,22)8-23-16)6-13(20-15)14(21)7-19/h3-6,14,21-22H,7-8,19H2,1-2H3. The van der Waals surface area contributed by atoms with Gasteiger partial charge in [0.15, 0.2) is 5.75 Å². The Morgan fingerprint density at radius 3 is 2.83 bits per heavy atom. The summed E-state index contributed by atoms with van der Waals surface area (Å²) in [7, 11) is 0. The highest BCUT2D eigenvalue weighted by atomic mass is 19.1. The third-order valence-electron chi connectivity index (χ3n) is 4.07. The summed E-state index contributed by atoms with van der Waals surface area (Å²) >= 11 is 0. The minimum Gasteiger partial charge on any atom is -0.488 e. The Kier molecular flexibility index (Phi) is 3.83. The van der Waals surface area contributed by atoms with Crippen LogP contribution in [0.15, 0.2) is 24.3 Å². The third-order valence-corrected chi connectivity index (χ3v) is 4.07. The molecular weight excluding hydrogens is 299 g/mol. The van der Waals surface area contributed by atoms with Gasteiger partial charge in [-0.1, -0.05) is 0 Å². The zero-order valence-corrected chi connectivity index (χ0v) is 13.0. The van der Waals surface area contributed by atoms with Gasteiger partial charge in [0.05, 0.1) is 5.69 Å². The van der Waals surface area contributed by atoms with Crippen molar-refractivity contribution in [2.75, 3.05) is 13.2 Å². The lowest BCUT2D eigenvalue weighted by molar-refractivity contribution is 0.0349. The Labute approximate surface area is 133 Å². The molecule has 0 saturated heterocycles. The Bertz CT molecular complexity index is 762. The van der Waals surface area contributed by atoms with Crippen LogP contribution in [0.3, 0.4) is 0 Å². The molecule has 2 unspecified atom stereocenters. The van der Waals surface area contributed by atoms with Crippen LogP contribution < -0.4 is 10.5 Å². The van der Waals surface area contributed by atoms with Gasteiger partial charge in [-0.25, -0.2) is 9.37 Å². The van der Waals surface area contributed by atoms with Gasteiger partial charge in [-0.3, -0.25) is 0 Å². The SMILES string of the molecule is Cc1cc(-c2nc(C(O)CN)cc3c2OCC3(C)O)ccc1F. The number of rotatable bonds is 3. The van der Waals surface area contributed by atoms with Gasteiger partial charge in [-0.15, -0.1) is 0 Å². The minimum absolute atomic E-state index is 0.0106. The van der Waals surface area contributed by atoms with Crippen LogP contribution in [-0.2, 0) is 5.60 Å². The molecule has 2 aromatic rings. The number of hydrogen-bond acceptors (Lipinski definition) is 5. The van der Waals surface area contributed by atoms with Crippen molar-refractivity contribution in [2.24, 2.45) is 5.73 Å². The largest absolute Gasteiger partial charge is 0.488 e. The van der Waals surface area contributed by atoms with Crippen LogP contribution in [0.2, 0.25) is 0 Å². The Hall–Kier alpha value is -2.02. The number of benzene rings is 1. The number of aliphatic hydroxyl groups is 2. The van der Waals surface area contributed by atoms with E-state index in [0.717, 1.165) is 0 Å². The van der Waals surface area contributed by atoms with Gasteiger partial charge >= 0.3 is 0 Å². The normalized spacial score (nSPS) is 21.0. The first-order valence-electron chi connectivity index (χ1n) is 7.38. The van der Waals surface area contributed by atoms with E-state index in [9.17, 15) is 14.6 Å². The first kappa shape index (κ1) is 15.9. The van der Waals surface area contributed by atoms with Crippen molar-refractivity contribution in [1.82, 2.24) is 4.98 Å². The van der Waals surface area contributed by atoms with Gasteiger partial charge in [0.2, 0.25) is 0 Å². The van der Waals surface area contributed by atoms with Gasteiger partial charge in [0.25, 0.3) is 0 Å². The maximum atomic E-state index is 13.5. The number of pyridine rings is 1. The second kappa shape index (κ2) is 5.56. The maximum absolute atomic E-state index is 13.5. The number of nitrogens with zero attached hydrogens (tertiary/aromatic N) is 1. The number of fused-ring (bicyclic) bond motifs is 1. The third kappa shape index (κ3) is 2.69. The Morgan fingerprint density at radius 2 is 2.17 bits per heavy atom. The molecule has 1 aromatic carbocycles. The smallest absolute Gasteiger partial charge is 0.151 e. The minimum atomic E-state index is -1.18. The fraction of sp³-hybridized carbons (Fsp3) is 0.353. The summed E-state index contributed by atoms with van der Waals surface area (Å²) in [5.74, 6) is 0.144. The second-order valence-electron chi connectivity index (χ2n) is 6.05. The number of hydrogen-bond donors (Lipinski definition) is 3. The van der Waals surface area contributed by atoms with Gasteiger partial charge in [-0.05, 0) is 43.7 Å². The highest BCUT2D eigenvalue weighted by Crippen LogP contribution is 2.43. The van der Waals surface area contributed by atoms with E-state index in [4.69, 9.17) is 10.5 Å². The number of aromatic nitrogens is 1. The van der Waals surface area contributed by atoms with Crippen molar-refractivity contribution in [2.45, 2.75) is 25.6 Å². The van der Waals surface area contributed by atoms with Crippen molar-refractivity contribution >= 4 is 0 Å². The highest BCUT2D eigenvalue weighted by Gasteiger charge is 2.37. The molecule has 1 aliphatic rings. The Morgan fingerprint density at radius 1 is 1.43 bits per heavy atom. The predicted octanol–water partition coefficient (Wildman–Crippen LogP) is 1.79. The van der Waals surface area contributed by atoms with Crippen LogP contribution in [-0.4, -0.2) is 28.3 Å². The van der Waals surface area contributed by atoms with E-state index in [1.807, 2.05) is 0 Å². The van der Waals surface area contributed by atoms with E-state index < -0.39 is 11.7 Å². The van der Waals surface area contributed by atoms with Crippen molar-refractivity contribution in [3.63, 3.8) is 0 Å². The summed E-state index contributed by atoms with van der Waals surface area (Å²) in [5.41, 5.74) is 6.84. The molecule has 1 aliphatic heterocycles. The molecule has 23 heavy (non-hydrogen) atoms. The van der Waals surface area contributed by atoms with Gasteiger partial charge in [0.1, 0.15) is 29.8 Å². The fourth-order valence-electron chi connectivity index (χ4n) is 2.67. The summed E-state index contributed by atoms with van der Waals surface area (Å²) in [6, 6.07) is 6.23. The zero-order valence-electron chi connectivity index (χ0n) is 13.0. The summed E-state index contributed by atoms with van der Waals surface area (Å²) in [5, 5.41) is 20.5. The van der Waals surface area contributed by atoms with Crippen LogP contribution in [0, 0.1) is 12.7 Å². The van der Waals surface area contributed by atoms with Crippen molar-refractivity contribution in [1.29, 1.82) is 0 Å². The average Bonchev–Trinajstić information content (AvgIpc) is 2.84. The molecule has 4 N–H and O–H groups in total. The summed E-state index contributed by atoms with van der Waals surface area (Å²) in [4.78, 5) is 4.43. The van der Waals surface area contributed by atoms with Gasteiger partial charge < -0.3 is 20.7 Å². The van der Waals surface area contributed by atoms with E-state index in [0.29, 0.717) is 33.8 Å². The average molecular weight is 318 g/mol. The number of aliphatic hydroxyl groups excluding tert-OH is 1. The van der Waals surface area contributed by atoms with Gasteiger partial charge in [-0.2, -0.15) is 0 Å². The molecule has 0 radical (unpaired) electrons. The zero-order chi connectivity index (χ0) is 16.8. The number of ether oxygens (including phenoxy) is 1. The number of aryl methyl sites for hydroxylation is 1. The first-order valence-corrected chi connectivity index (χ1v) is 7.38. The molecule has 0 spiro atoms. The van der Waals surface area contributed by atoms with Crippen molar-refractivity contribution < 1.29 is 19.3 Å². The monoisotopic (exact) mass is 318 g/mol. The molecule has 0 amide bonds. The number of nitrogens with two attached hydrogens (primary N) is 1. The van der Waals surface area contributed by atoms with Gasteiger partial charge in [0, 0.05) is 17.7 Å². The first-order chi connectivity index (χ1) is 10.8. The molecule has 2 atom stereocenters. The van der Waals surface area contributed by atoms with Crippen LogP contribution in [0.1, 0.15) is 29.8 Å². The summed E-state index contributed by atoms with van der Waals surface area (Å²) in [6.45, 7) is 3.40. The fourth-order valence-corrected chi connectivity index (χ4v) is 2.67. The molecule has 5 nitrogen and oxygen atoms in total. The second-order valence-corrected chi connectivity index (χ2v) is 6.05. The van der Waals surface area contributed by atoms with Crippen LogP contribution in [0.25, 0.3) is 11.3 Å². The topological polar surface area (TPSA) is 88.6 Å². The van der Waals surface area contributed by atoms with E-state index in [1.165, 1.54) is 6.07 Å². The van der Waals surface area contributed by atoms with Crippen LogP contribution >= 0.6 is 0 Å². The van der Waals surface area contributed by atoms with E-state index in [1.54, 1.807) is 32.0 Å². The van der Waals surface area contributed by atoms with E-state index in [2.05, 4.69) is 4.98 Å². The molecular formula is C17H19FN2O3. The lowest BCUT2D eigenvalue weighted by Gasteiger charge is -2.17. The van der Waals surface area contributed by atoms with Crippen LogP contribution in [0.4, 0.5) is 4.39 Å². The molecule has 0 fully saturated rings. The molecule has 2 heterocycles. The Balaban J connectivity index is 2.23. The predicted molar refractivity (Wildman–Crippen MR) is 83.4 cm³/mol. The van der Waals surface area contributed by atoms with Crippen molar-refractivity contribution in [3.8, 4) is 17.0 Å². The number of halogens is 1. The van der Waals surface area contributed by atoms with E-state index >= 15 is 0 Å². The molecule has 0 saturated carbocycles. The van der Waals surface area contributed by atoms with Crippen LogP contribution in [0.5, 0.6) is 5.75 Å². The highest BCUT2D eigenvalue weighted by molar-refractivity contribution is 5.71. The molecule has 6 heteroatoms. The maximum Gasteiger partial charge on any atom is 0.151 e. The van der Waals surface area contributed by atoms with E-state index in [-0.39, 0.29) is 19.0 Å². The molecule has 1 aromatic heterocycles. The molecule has 0 aliphatic carbocycles. The summed E-state index contributed by atoms with van der Waals surface area (Å²) < 4.78 is 19.1. The quantitative estimate of drug-likeness (QED) is 0.803. The lowest BCUT2D eigenvalue weighted by atomic mass is 9.95. The van der Waals surface area contributed by atoms with Crippen molar-refractivity contribution in [3.05, 3.63) is 46.9 Å². The molecule has 0 bridgehead atoms. The molecule has 3 rings (SSSR count). The summed E-state index contributed by atoms with van der Waals surface area (Å²) in [6.07, 6.45) is -0.947.